The summed E-state index contributed by atoms with van der Waals surface area (Å²) >= 11 is 0. The van der Waals surface area contributed by atoms with Crippen molar-refractivity contribution in [1.82, 2.24) is 19.5 Å². The molecule has 0 aliphatic carbocycles. The van der Waals surface area contributed by atoms with Gasteiger partial charge in [0.25, 0.3) is 0 Å². The number of rotatable bonds is 5. The molecule has 0 amide bonds. The largest absolute Gasteiger partial charge is 0.368 e. The van der Waals surface area contributed by atoms with Crippen LogP contribution in [-0.2, 0) is 6.54 Å². The van der Waals surface area contributed by atoms with Crippen molar-refractivity contribution in [3.63, 3.8) is 0 Å². The second-order valence-electron chi connectivity index (χ2n) is 6.13. The second kappa shape index (κ2) is 7.66. The summed E-state index contributed by atoms with van der Waals surface area (Å²) in [4.78, 5) is 12.8. The Bertz CT molecular complexity index is 1050. The van der Waals surface area contributed by atoms with Gasteiger partial charge in [0.15, 0.2) is 0 Å². The van der Waals surface area contributed by atoms with Crippen LogP contribution in [0.2, 0.25) is 0 Å². The van der Waals surface area contributed by atoms with E-state index in [1.54, 1.807) is 6.20 Å². The van der Waals surface area contributed by atoms with Gasteiger partial charge in [-0.05, 0) is 23.8 Å². The standard InChI is InChI=1S/C22H19N5/c23-22-24-14-13-19(26-22)11-12-20-21(18-9-5-2-6-10-18)25-16-27(20)15-17-7-3-1-4-8-17/h1-14,16H,15H2,(H2,23,24,26). The number of benzene rings is 2. The SMILES string of the molecule is Nc1nccc(C=Cc2c(-c3ccccc3)ncn2Cc2ccccc2)n1. The third kappa shape index (κ3) is 3.93. The average molecular weight is 353 g/mol. The second-order valence-corrected chi connectivity index (χ2v) is 6.13. The summed E-state index contributed by atoms with van der Waals surface area (Å²) in [6.45, 7) is 0.742. The molecule has 0 fully saturated rings. The molecular weight excluding hydrogens is 334 g/mol. The van der Waals surface area contributed by atoms with Gasteiger partial charge in [0.2, 0.25) is 5.95 Å². The van der Waals surface area contributed by atoms with Gasteiger partial charge in [-0.15, -0.1) is 0 Å². The van der Waals surface area contributed by atoms with E-state index in [0.717, 1.165) is 29.2 Å². The topological polar surface area (TPSA) is 69.6 Å². The zero-order valence-corrected chi connectivity index (χ0v) is 14.7. The maximum absolute atomic E-state index is 5.69. The summed E-state index contributed by atoms with van der Waals surface area (Å²) in [5, 5.41) is 0. The quantitative estimate of drug-likeness (QED) is 0.585. The molecule has 2 N–H and O–H groups in total. The van der Waals surface area contributed by atoms with Crippen molar-refractivity contribution in [2.24, 2.45) is 0 Å². The van der Waals surface area contributed by atoms with Gasteiger partial charge >= 0.3 is 0 Å². The molecule has 0 bridgehead atoms. The molecule has 4 rings (SSSR count). The molecule has 2 aromatic heterocycles. The summed E-state index contributed by atoms with van der Waals surface area (Å²) < 4.78 is 2.14. The fraction of sp³-hybridized carbons (Fsp3) is 0.0455. The number of hydrogen-bond acceptors (Lipinski definition) is 4. The summed E-state index contributed by atoms with van der Waals surface area (Å²) in [6.07, 6.45) is 7.49. The lowest BCUT2D eigenvalue weighted by molar-refractivity contribution is 0.790. The molecule has 0 aliphatic heterocycles. The third-order valence-corrected chi connectivity index (χ3v) is 4.23. The molecule has 4 aromatic rings. The average Bonchev–Trinajstić information content (AvgIpc) is 3.10. The van der Waals surface area contributed by atoms with Gasteiger partial charge in [0, 0.05) is 18.3 Å². The fourth-order valence-corrected chi connectivity index (χ4v) is 2.94. The Kier molecular flexibility index (Phi) is 4.74. The van der Waals surface area contributed by atoms with Gasteiger partial charge in [-0.2, -0.15) is 0 Å². The highest BCUT2D eigenvalue weighted by atomic mass is 15.1. The molecule has 0 aliphatic rings. The van der Waals surface area contributed by atoms with Crippen molar-refractivity contribution in [3.8, 4) is 11.3 Å². The van der Waals surface area contributed by atoms with E-state index in [9.17, 15) is 0 Å². The minimum absolute atomic E-state index is 0.262. The van der Waals surface area contributed by atoms with Gasteiger partial charge in [0.05, 0.1) is 23.4 Å². The highest BCUT2D eigenvalue weighted by Gasteiger charge is 2.11. The van der Waals surface area contributed by atoms with E-state index < -0.39 is 0 Å². The van der Waals surface area contributed by atoms with Crippen LogP contribution in [0.5, 0.6) is 0 Å². The summed E-state index contributed by atoms with van der Waals surface area (Å²) in [5.41, 5.74) is 10.7. The van der Waals surface area contributed by atoms with Crippen LogP contribution in [-0.4, -0.2) is 19.5 Å². The Labute approximate surface area is 157 Å². The maximum Gasteiger partial charge on any atom is 0.220 e. The van der Waals surface area contributed by atoms with Crippen LogP contribution >= 0.6 is 0 Å². The van der Waals surface area contributed by atoms with Crippen molar-refractivity contribution >= 4 is 18.1 Å². The molecule has 0 saturated carbocycles. The lowest BCUT2D eigenvalue weighted by Crippen LogP contribution is -2.01. The Hall–Kier alpha value is -3.73. The molecule has 2 aromatic carbocycles. The van der Waals surface area contributed by atoms with E-state index in [-0.39, 0.29) is 5.95 Å². The first-order valence-corrected chi connectivity index (χ1v) is 8.71. The van der Waals surface area contributed by atoms with E-state index in [4.69, 9.17) is 5.73 Å². The molecule has 27 heavy (non-hydrogen) atoms. The van der Waals surface area contributed by atoms with Gasteiger partial charge in [-0.1, -0.05) is 60.7 Å². The smallest absolute Gasteiger partial charge is 0.220 e. The van der Waals surface area contributed by atoms with Gasteiger partial charge in [-0.3, -0.25) is 0 Å². The molecular formula is C22H19N5. The van der Waals surface area contributed by atoms with Crippen molar-refractivity contribution in [3.05, 3.63) is 96.2 Å². The molecule has 5 heteroatoms. The number of hydrogen-bond donors (Lipinski definition) is 1. The molecule has 2 heterocycles. The Morgan fingerprint density at radius 1 is 0.852 bits per heavy atom. The molecule has 5 nitrogen and oxygen atoms in total. The highest BCUT2D eigenvalue weighted by molar-refractivity contribution is 5.76. The summed E-state index contributed by atoms with van der Waals surface area (Å²) in [7, 11) is 0. The molecule has 0 atom stereocenters. The lowest BCUT2D eigenvalue weighted by Gasteiger charge is -2.07. The maximum atomic E-state index is 5.69. The summed E-state index contributed by atoms with van der Waals surface area (Å²) in [6, 6.07) is 22.3. The number of nitrogens with zero attached hydrogens (tertiary/aromatic N) is 4. The number of aromatic nitrogens is 4. The molecule has 132 valence electrons. The minimum atomic E-state index is 0.262. The van der Waals surface area contributed by atoms with Crippen LogP contribution in [0.25, 0.3) is 23.4 Å². The predicted octanol–water partition coefficient (Wildman–Crippen LogP) is 4.14. The van der Waals surface area contributed by atoms with E-state index >= 15 is 0 Å². The first-order valence-electron chi connectivity index (χ1n) is 8.71. The van der Waals surface area contributed by atoms with Gasteiger partial charge in [0.1, 0.15) is 0 Å². The Morgan fingerprint density at radius 2 is 1.59 bits per heavy atom. The number of imidazole rings is 1. The zero-order valence-electron chi connectivity index (χ0n) is 14.7. The number of nitrogens with two attached hydrogens (primary N) is 1. The molecule has 0 radical (unpaired) electrons. The Morgan fingerprint density at radius 3 is 2.33 bits per heavy atom. The van der Waals surface area contributed by atoms with E-state index in [1.807, 2.05) is 60.9 Å². The first kappa shape index (κ1) is 16.7. The first-order chi connectivity index (χ1) is 13.3. The predicted molar refractivity (Wildman–Crippen MR) is 109 cm³/mol. The normalized spacial score (nSPS) is 11.1. The van der Waals surface area contributed by atoms with E-state index in [2.05, 4.69) is 43.8 Å². The molecule has 0 saturated heterocycles. The van der Waals surface area contributed by atoms with Crippen molar-refractivity contribution < 1.29 is 0 Å². The van der Waals surface area contributed by atoms with Crippen molar-refractivity contribution in [2.75, 3.05) is 5.73 Å². The van der Waals surface area contributed by atoms with Gasteiger partial charge < -0.3 is 10.3 Å². The van der Waals surface area contributed by atoms with Crippen LogP contribution < -0.4 is 5.73 Å². The monoisotopic (exact) mass is 353 g/mol. The highest BCUT2D eigenvalue weighted by Crippen LogP contribution is 2.24. The Balaban J connectivity index is 1.75. The van der Waals surface area contributed by atoms with Crippen LogP contribution in [0.15, 0.2) is 79.3 Å². The van der Waals surface area contributed by atoms with Crippen molar-refractivity contribution in [2.45, 2.75) is 6.54 Å². The number of anilines is 1. The molecule has 0 spiro atoms. The number of nitrogen functional groups attached to an aromatic ring is 1. The van der Waals surface area contributed by atoms with Crippen LogP contribution in [0, 0.1) is 0 Å². The van der Waals surface area contributed by atoms with Crippen molar-refractivity contribution in [1.29, 1.82) is 0 Å². The lowest BCUT2D eigenvalue weighted by atomic mass is 10.1. The van der Waals surface area contributed by atoms with Crippen LogP contribution in [0.3, 0.4) is 0 Å². The third-order valence-electron chi connectivity index (χ3n) is 4.23. The van der Waals surface area contributed by atoms with Crippen LogP contribution in [0.4, 0.5) is 5.95 Å². The van der Waals surface area contributed by atoms with E-state index in [0.29, 0.717) is 0 Å². The fourth-order valence-electron chi connectivity index (χ4n) is 2.94. The minimum Gasteiger partial charge on any atom is -0.368 e. The summed E-state index contributed by atoms with van der Waals surface area (Å²) in [5.74, 6) is 0.262. The zero-order chi connectivity index (χ0) is 18.5. The van der Waals surface area contributed by atoms with Gasteiger partial charge in [-0.25, -0.2) is 15.0 Å². The molecule has 0 unspecified atom stereocenters. The van der Waals surface area contributed by atoms with E-state index in [1.165, 1.54) is 5.56 Å². The van der Waals surface area contributed by atoms with Crippen LogP contribution in [0.1, 0.15) is 17.0 Å².